The first-order chi connectivity index (χ1) is 10.6. The number of aromatic nitrogens is 4. The van der Waals surface area contributed by atoms with E-state index in [1.165, 1.54) is 29.5 Å². The first kappa shape index (κ1) is 14.2. The van der Waals surface area contributed by atoms with Crippen LogP contribution in [0.2, 0.25) is 5.02 Å². The molecule has 3 rings (SSSR count). The van der Waals surface area contributed by atoms with E-state index < -0.39 is 11.7 Å². The van der Waals surface area contributed by atoms with Crippen molar-refractivity contribution in [3.05, 3.63) is 65.6 Å². The molecule has 0 bridgehead atoms. The van der Waals surface area contributed by atoms with Crippen LogP contribution in [0.5, 0.6) is 0 Å². The average molecular weight is 318 g/mol. The second-order valence-electron chi connectivity index (χ2n) is 4.29. The van der Waals surface area contributed by atoms with Crippen molar-refractivity contribution < 1.29 is 9.18 Å². The minimum atomic E-state index is -0.698. The van der Waals surface area contributed by atoms with Gasteiger partial charge in [-0.25, -0.2) is 19.0 Å². The van der Waals surface area contributed by atoms with Gasteiger partial charge in [0.2, 0.25) is 0 Å². The van der Waals surface area contributed by atoms with Gasteiger partial charge in [-0.05, 0) is 30.3 Å². The van der Waals surface area contributed by atoms with Gasteiger partial charge >= 0.3 is 0 Å². The molecule has 1 N–H and O–H groups in total. The molecule has 110 valence electrons. The third-order valence-electron chi connectivity index (χ3n) is 2.85. The summed E-state index contributed by atoms with van der Waals surface area (Å²) in [5, 5.41) is 6.78. The van der Waals surface area contributed by atoms with Gasteiger partial charge in [-0.3, -0.25) is 4.79 Å². The molecular weight excluding hydrogens is 309 g/mol. The molecular formula is C14H9ClFN5O. The third-order valence-corrected chi connectivity index (χ3v) is 3.08. The van der Waals surface area contributed by atoms with E-state index in [2.05, 4.69) is 20.4 Å². The second kappa shape index (κ2) is 5.90. The number of nitrogens with zero attached hydrogens (tertiary/aromatic N) is 4. The number of halogens is 2. The third kappa shape index (κ3) is 2.79. The number of carbonyl (C=O) groups excluding carboxylic acids is 1. The highest BCUT2D eigenvalue weighted by molar-refractivity contribution is 6.30. The highest BCUT2D eigenvalue weighted by atomic mass is 35.5. The number of anilines is 1. The molecule has 0 radical (unpaired) electrons. The maximum atomic E-state index is 13.8. The van der Waals surface area contributed by atoms with Gasteiger partial charge in [-0.15, -0.1) is 0 Å². The van der Waals surface area contributed by atoms with E-state index in [-0.39, 0.29) is 10.6 Å². The molecule has 0 atom stereocenters. The van der Waals surface area contributed by atoms with Crippen LogP contribution in [-0.4, -0.2) is 25.7 Å². The van der Waals surface area contributed by atoms with Crippen molar-refractivity contribution in [1.29, 1.82) is 0 Å². The number of pyridine rings is 1. The van der Waals surface area contributed by atoms with E-state index in [0.29, 0.717) is 11.5 Å². The van der Waals surface area contributed by atoms with Crippen molar-refractivity contribution in [2.45, 2.75) is 0 Å². The Bertz CT molecular complexity index is 822. The van der Waals surface area contributed by atoms with Crippen LogP contribution in [0.25, 0.3) is 5.82 Å². The van der Waals surface area contributed by atoms with Crippen LogP contribution in [0.1, 0.15) is 10.4 Å². The Balaban J connectivity index is 1.92. The number of amides is 1. The topological polar surface area (TPSA) is 72.7 Å². The van der Waals surface area contributed by atoms with E-state index in [4.69, 9.17) is 11.6 Å². The maximum absolute atomic E-state index is 13.8. The van der Waals surface area contributed by atoms with Gasteiger partial charge in [0.05, 0.1) is 11.3 Å². The largest absolute Gasteiger partial charge is 0.319 e. The lowest BCUT2D eigenvalue weighted by atomic mass is 10.2. The standard InChI is InChI=1S/C14H9ClFN5O/c15-9-3-4-10(11(16)6-9)14(22)20-12-2-1-5-18-13(12)21-8-17-7-19-21/h1-8H,(H,20,22). The fourth-order valence-electron chi connectivity index (χ4n) is 1.86. The molecule has 0 spiro atoms. The van der Waals surface area contributed by atoms with Crippen LogP contribution in [0.3, 0.4) is 0 Å². The minimum Gasteiger partial charge on any atom is -0.319 e. The molecule has 1 amide bonds. The van der Waals surface area contributed by atoms with Crippen molar-refractivity contribution in [2.75, 3.05) is 5.32 Å². The lowest BCUT2D eigenvalue weighted by molar-refractivity contribution is 0.102. The van der Waals surface area contributed by atoms with E-state index in [0.717, 1.165) is 6.07 Å². The highest BCUT2D eigenvalue weighted by Gasteiger charge is 2.15. The lowest BCUT2D eigenvalue weighted by Crippen LogP contribution is -2.16. The number of nitrogens with one attached hydrogen (secondary N) is 1. The summed E-state index contributed by atoms with van der Waals surface area (Å²) < 4.78 is 15.2. The smallest absolute Gasteiger partial charge is 0.258 e. The average Bonchev–Trinajstić information content (AvgIpc) is 3.01. The van der Waals surface area contributed by atoms with Crippen LogP contribution in [0.4, 0.5) is 10.1 Å². The number of hydrogen-bond donors (Lipinski definition) is 1. The van der Waals surface area contributed by atoms with Crippen molar-refractivity contribution in [3.63, 3.8) is 0 Å². The molecule has 2 heterocycles. The zero-order chi connectivity index (χ0) is 15.5. The van der Waals surface area contributed by atoms with Gasteiger partial charge < -0.3 is 5.32 Å². The fraction of sp³-hybridized carbons (Fsp3) is 0. The molecule has 0 unspecified atom stereocenters. The van der Waals surface area contributed by atoms with Crippen molar-refractivity contribution in [2.24, 2.45) is 0 Å². The Morgan fingerprint density at radius 2 is 2.18 bits per heavy atom. The molecule has 2 aromatic heterocycles. The Kier molecular flexibility index (Phi) is 3.80. The predicted molar refractivity (Wildman–Crippen MR) is 78.5 cm³/mol. The minimum absolute atomic E-state index is 0.113. The summed E-state index contributed by atoms with van der Waals surface area (Å²) in [5.41, 5.74) is 0.269. The molecule has 8 heteroatoms. The van der Waals surface area contributed by atoms with Crippen LogP contribution >= 0.6 is 11.6 Å². The molecule has 0 saturated carbocycles. The molecule has 3 aromatic rings. The molecule has 0 aliphatic rings. The van der Waals surface area contributed by atoms with E-state index in [1.807, 2.05) is 0 Å². The quantitative estimate of drug-likeness (QED) is 0.806. The molecule has 0 aliphatic heterocycles. The van der Waals surface area contributed by atoms with Crippen molar-refractivity contribution >= 4 is 23.2 Å². The molecule has 0 fully saturated rings. The Hall–Kier alpha value is -2.80. The molecule has 0 aliphatic carbocycles. The van der Waals surface area contributed by atoms with Crippen molar-refractivity contribution in [1.82, 2.24) is 19.7 Å². The summed E-state index contributed by atoms with van der Waals surface area (Å²) in [5.74, 6) is -0.928. The van der Waals surface area contributed by atoms with Crippen LogP contribution in [-0.2, 0) is 0 Å². The monoisotopic (exact) mass is 317 g/mol. The summed E-state index contributed by atoms with van der Waals surface area (Å²) >= 11 is 5.67. The highest BCUT2D eigenvalue weighted by Crippen LogP contribution is 2.19. The van der Waals surface area contributed by atoms with Crippen LogP contribution < -0.4 is 5.32 Å². The zero-order valence-electron chi connectivity index (χ0n) is 11.1. The fourth-order valence-corrected chi connectivity index (χ4v) is 2.02. The van der Waals surface area contributed by atoms with Crippen molar-refractivity contribution in [3.8, 4) is 5.82 Å². The lowest BCUT2D eigenvalue weighted by Gasteiger charge is -2.10. The second-order valence-corrected chi connectivity index (χ2v) is 4.73. The van der Waals surface area contributed by atoms with Gasteiger partial charge in [0.15, 0.2) is 5.82 Å². The summed E-state index contributed by atoms with van der Waals surface area (Å²) in [6.07, 6.45) is 4.34. The predicted octanol–water partition coefficient (Wildman–Crippen LogP) is 2.71. The summed E-state index contributed by atoms with van der Waals surface area (Å²) in [6, 6.07) is 7.13. The molecule has 22 heavy (non-hydrogen) atoms. The van der Waals surface area contributed by atoms with E-state index in [1.54, 1.807) is 18.3 Å². The van der Waals surface area contributed by atoms with Gasteiger partial charge in [-0.1, -0.05) is 11.6 Å². The first-order valence-corrected chi connectivity index (χ1v) is 6.59. The maximum Gasteiger partial charge on any atom is 0.258 e. The van der Waals surface area contributed by atoms with Crippen LogP contribution in [0.15, 0.2) is 49.2 Å². The van der Waals surface area contributed by atoms with E-state index in [9.17, 15) is 9.18 Å². The number of hydrogen-bond acceptors (Lipinski definition) is 4. The Labute approximate surface area is 129 Å². The molecule has 1 aromatic carbocycles. The number of carbonyl (C=O) groups is 1. The normalized spacial score (nSPS) is 10.5. The molecule has 6 nitrogen and oxygen atoms in total. The first-order valence-electron chi connectivity index (χ1n) is 6.21. The van der Waals surface area contributed by atoms with E-state index >= 15 is 0 Å². The number of benzene rings is 1. The SMILES string of the molecule is O=C(Nc1cccnc1-n1cncn1)c1ccc(Cl)cc1F. The molecule has 0 saturated heterocycles. The van der Waals surface area contributed by atoms with Crippen LogP contribution in [0, 0.1) is 5.82 Å². The van der Waals surface area contributed by atoms with Gasteiger partial charge in [0.1, 0.15) is 18.5 Å². The summed E-state index contributed by atoms with van der Waals surface area (Å²) in [6.45, 7) is 0. The van der Waals surface area contributed by atoms with Gasteiger partial charge in [0.25, 0.3) is 5.91 Å². The van der Waals surface area contributed by atoms with Gasteiger partial charge in [-0.2, -0.15) is 5.10 Å². The summed E-state index contributed by atoms with van der Waals surface area (Å²) in [7, 11) is 0. The Morgan fingerprint density at radius 3 is 2.91 bits per heavy atom. The Morgan fingerprint density at radius 1 is 1.32 bits per heavy atom. The van der Waals surface area contributed by atoms with Gasteiger partial charge in [0, 0.05) is 11.2 Å². The number of rotatable bonds is 3. The summed E-state index contributed by atoms with van der Waals surface area (Å²) in [4.78, 5) is 20.2. The zero-order valence-corrected chi connectivity index (χ0v) is 11.8.